The molecule has 4 heteroatoms. The molecule has 0 fully saturated rings. The zero-order chi connectivity index (χ0) is 11.4. The van der Waals surface area contributed by atoms with Crippen molar-refractivity contribution >= 4 is 17.0 Å². The van der Waals surface area contributed by atoms with Crippen molar-refractivity contribution in [2.75, 3.05) is 12.4 Å². The molecule has 0 radical (unpaired) electrons. The number of nitrogens with zero attached hydrogens (tertiary/aromatic N) is 1. The van der Waals surface area contributed by atoms with Crippen LogP contribution in [-0.4, -0.2) is 12.0 Å². The number of rotatable bonds is 4. The van der Waals surface area contributed by atoms with Crippen LogP contribution in [0.5, 0.6) is 5.75 Å². The van der Waals surface area contributed by atoms with Gasteiger partial charge in [0.15, 0.2) is 0 Å². The molecule has 0 saturated carbocycles. The third-order valence-corrected chi connectivity index (χ3v) is 3.11. The monoisotopic (exact) mass is 234 g/mol. The fourth-order valence-electron chi connectivity index (χ4n) is 1.33. The molecule has 1 aromatic heterocycles. The minimum Gasteiger partial charge on any atom is -0.486 e. The molecule has 0 unspecified atom stereocenters. The van der Waals surface area contributed by atoms with Crippen LogP contribution in [0.25, 0.3) is 0 Å². The van der Waals surface area contributed by atoms with Crippen molar-refractivity contribution in [2.45, 2.75) is 13.5 Å². The normalized spacial score (nSPS) is 10.1. The Morgan fingerprint density at radius 3 is 2.62 bits per heavy atom. The Morgan fingerprint density at radius 2 is 2.06 bits per heavy atom. The van der Waals surface area contributed by atoms with Crippen LogP contribution in [0.2, 0.25) is 0 Å². The van der Waals surface area contributed by atoms with E-state index in [1.54, 1.807) is 11.3 Å². The van der Waals surface area contributed by atoms with E-state index in [9.17, 15) is 0 Å². The van der Waals surface area contributed by atoms with E-state index in [0.717, 1.165) is 22.1 Å². The standard InChI is InChI=1S/C12H14N2OS/c1-9-8-16-12(14-9)7-15-11-5-3-10(13-2)4-6-11/h3-6,8,13H,7H2,1-2H3. The minimum atomic E-state index is 0.539. The van der Waals surface area contributed by atoms with Crippen LogP contribution in [0.1, 0.15) is 10.7 Å². The number of anilines is 1. The van der Waals surface area contributed by atoms with Crippen molar-refractivity contribution in [3.8, 4) is 5.75 Å². The van der Waals surface area contributed by atoms with E-state index in [0.29, 0.717) is 6.61 Å². The number of hydrogen-bond acceptors (Lipinski definition) is 4. The van der Waals surface area contributed by atoms with Gasteiger partial charge < -0.3 is 10.1 Å². The molecule has 2 aromatic rings. The Labute approximate surface area is 99.1 Å². The lowest BCUT2D eigenvalue weighted by atomic mass is 10.3. The summed E-state index contributed by atoms with van der Waals surface area (Å²) >= 11 is 1.63. The highest BCUT2D eigenvalue weighted by Crippen LogP contribution is 2.17. The largest absolute Gasteiger partial charge is 0.486 e. The number of benzene rings is 1. The molecular formula is C12H14N2OS. The third-order valence-electron chi connectivity index (χ3n) is 2.17. The van der Waals surface area contributed by atoms with Crippen molar-refractivity contribution in [2.24, 2.45) is 0 Å². The number of aryl methyl sites for hydroxylation is 1. The first kappa shape index (κ1) is 11.0. The summed E-state index contributed by atoms with van der Waals surface area (Å²) in [5.41, 5.74) is 2.13. The van der Waals surface area contributed by atoms with Crippen molar-refractivity contribution in [1.82, 2.24) is 4.98 Å². The lowest BCUT2D eigenvalue weighted by Crippen LogP contribution is -1.95. The van der Waals surface area contributed by atoms with Gasteiger partial charge in [0.25, 0.3) is 0 Å². The van der Waals surface area contributed by atoms with E-state index < -0.39 is 0 Å². The summed E-state index contributed by atoms with van der Waals surface area (Å²) in [4.78, 5) is 4.34. The molecule has 0 amide bonds. The van der Waals surface area contributed by atoms with Gasteiger partial charge in [0, 0.05) is 23.8 Å². The maximum atomic E-state index is 5.63. The third kappa shape index (κ3) is 2.73. The van der Waals surface area contributed by atoms with Gasteiger partial charge in [-0.3, -0.25) is 0 Å². The summed E-state index contributed by atoms with van der Waals surface area (Å²) in [7, 11) is 1.90. The molecule has 0 bridgehead atoms. The van der Waals surface area contributed by atoms with Crippen LogP contribution in [0, 0.1) is 6.92 Å². The van der Waals surface area contributed by atoms with Crippen LogP contribution in [0.3, 0.4) is 0 Å². The van der Waals surface area contributed by atoms with Crippen LogP contribution in [-0.2, 0) is 6.61 Å². The van der Waals surface area contributed by atoms with Crippen molar-refractivity contribution < 1.29 is 4.74 Å². The molecule has 0 atom stereocenters. The van der Waals surface area contributed by atoms with Gasteiger partial charge >= 0.3 is 0 Å². The van der Waals surface area contributed by atoms with Crippen molar-refractivity contribution in [3.05, 3.63) is 40.3 Å². The smallest absolute Gasteiger partial charge is 0.140 e. The molecule has 84 valence electrons. The molecule has 0 spiro atoms. The van der Waals surface area contributed by atoms with Gasteiger partial charge in [-0.05, 0) is 31.2 Å². The van der Waals surface area contributed by atoms with E-state index in [2.05, 4.69) is 10.3 Å². The predicted octanol–water partition coefficient (Wildman–Crippen LogP) is 3.07. The molecule has 1 aromatic carbocycles. The highest BCUT2D eigenvalue weighted by Gasteiger charge is 2.00. The summed E-state index contributed by atoms with van der Waals surface area (Å²) in [6, 6.07) is 7.88. The van der Waals surface area contributed by atoms with Gasteiger partial charge in [0.1, 0.15) is 17.4 Å². The Kier molecular flexibility index (Phi) is 3.41. The fourth-order valence-corrected chi connectivity index (χ4v) is 2.01. The highest BCUT2D eigenvalue weighted by atomic mass is 32.1. The predicted molar refractivity (Wildman–Crippen MR) is 67.2 cm³/mol. The van der Waals surface area contributed by atoms with Crippen LogP contribution in [0.15, 0.2) is 29.6 Å². The molecule has 1 heterocycles. The Morgan fingerprint density at radius 1 is 1.31 bits per heavy atom. The molecule has 0 aliphatic carbocycles. The van der Waals surface area contributed by atoms with E-state index >= 15 is 0 Å². The average Bonchev–Trinajstić information content (AvgIpc) is 2.73. The molecule has 2 rings (SSSR count). The first-order chi connectivity index (χ1) is 7.78. The molecule has 0 aliphatic heterocycles. The quantitative estimate of drug-likeness (QED) is 0.882. The van der Waals surface area contributed by atoms with Gasteiger partial charge in [-0.1, -0.05) is 0 Å². The van der Waals surface area contributed by atoms with Crippen molar-refractivity contribution in [3.63, 3.8) is 0 Å². The number of hydrogen-bond donors (Lipinski definition) is 1. The number of ether oxygens (including phenoxy) is 1. The van der Waals surface area contributed by atoms with E-state index in [-0.39, 0.29) is 0 Å². The number of thiazole rings is 1. The number of aromatic nitrogens is 1. The maximum absolute atomic E-state index is 5.63. The molecule has 0 aliphatic rings. The second-order valence-electron chi connectivity index (χ2n) is 3.45. The molecular weight excluding hydrogens is 220 g/mol. The Balaban J connectivity index is 1.94. The van der Waals surface area contributed by atoms with E-state index in [1.807, 2.05) is 43.6 Å². The summed E-state index contributed by atoms with van der Waals surface area (Å²) in [5, 5.41) is 6.11. The van der Waals surface area contributed by atoms with Crippen LogP contribution >= 0.6 is 11.3 Å². The maximum Gasteiger partial charge on any atom is 0.140 e. The molecule has 3 nitrogen and oxygen atoms in total. The minimum absolute atomic E-state index is 0.539. The van der Waals surface area contributed by atoms with E-state index in [1.165, 1.54) is 0 Å². The van der Waals surface area contributed by atoms with Gasteiger partial charge in [0.05, 0.1) is 0 Å². The number of nitrogens with one attached hydrogen (secondary N) is 1. The topological polar surface area (TPSA) is 34.1 Å². The fraction of sp³-hybridized carbons (Fsp3) is 0.250. The zero-order valence-electron chi connectivity index (χ0n) is 9.36. The summed E-state index contributed by atoms with van der Waals surface area (Å²) in [6.07, 6.45) is 0. The first-order valence-electron chi connectivity index (χ1n) is 5.09. The lowest BCUT2D eigenvalue weighted by molar-refractivity contribution is 0.305. The van der Waals surface area contributed by atoms with Gasteiger partial charge in [-0.25, -0.2) is 4.98 Å². The van der Waals surface area contributed by atoms with Gasteiger partial charge in [-0.15, -0.1) is 11.3 Å². The highest BCUT2D eigenvalue weighted by molar-refractivity contribution is 7.09. The van der Waals surface area contributed by atoms with Crippen LogP contribution < -0.4 is 10.1 Å². The van der Waals surface area contributed by atoms with Gasteiger partial charge in [0.2, 0.25) is 0 Å². The average molecular weight is 234 g/mol. The molecule has 16 heavy (non-hydrogen) atoms. The summed E-state index contributed by atoms with van der Waals surface area (Å²) in [6.45, 7) is 2.53. The Hall–Kier alpha value is -1.55. The molecule has 0 saturated heterocycles. The van der Waals surface area contributed by atoms with Crippen LogP contribution in [0.4, 0.5) is 5.69 Å². The summed E-state index contributed by atoms with van der Waals surface area (Å²) in [5.74, 6) is 0.867. The SMILES string of the molecule is CNc1ccc(OCc2nc(C)cs2)cc1. The van der Waals surface area contributed by atoms with Gasteiger partial charge in [-0.2, -0.15) is 0 Å². The summed E-state index contributed by atoms with van der Waals surface area (Å²) < 4.78 is 5.63. The Bertz CT molecular complexity index is 450. The second-order valence-corrected chi connectivity index (χ2v) is 4.39. The molecule has 1 N–H and O–H groups in total. The van der Waals surface area contributed by atoms with Crippen molar-refractivity contribution in [1.29, 1.82) is 0 Å². The van der Waals surface area contributed by atoms with E-state index in [4.69, 9.17) is 4.74 Å². The second kappa shape index (κ2) is 4.99. The lowest BCUT2D eigenvalue weighted by Gasteiger charge is -2.05. The zero-order valence-corrected chi connectivity index (χ0v) is 10.2. The first-order valence-corrected chi connectivity index (χ1v) is 5.97.